The molecule has 1 heterocycles. The highest BCUT2D eigenvalue weighted by Crippen LogP contribution is 2.23. The summed E-state index contributed by atoms with van der Waals surface area (Å²) < 4.78 is 5.39. The lowest BCUT2D eigenvalue weighted by Crippen LogP contribution is -2.08. The van der Waals surface area contributed by atoms with Crippen LogP contribution in [-0.2, 0) is 0 Å². The number of hydrogen-bond donors (Lipinski definition) is 0. The van der Waals surface area contributed by atoms with Crippen LogP contribution in [0.1, 0.15) is 31.2 Å². The van der Waals surface area contributed by atoms with Crippen molar-refractivity contribution in [1.82, 2.24) is 0 Å². The lowest BCUT2D eigenvalue weighted by Gasteiger charge is -2.08. The third-order valence-corrected chi connectivity index (χ3v) is 4.25. The van der Waals surface area contributed by atoms with Gasteiger partial charge in [0.2, 0.25) is 0 Å². The molecule has 0 aliphatic carbocycles. The lowest BCUT2D eigenvalue weighted by atomic mass is 10.0. The molecule has 4 heteroatoms. The molecule has 0 unspecified atom stereocenters. The van der Waals surface area contributed by atoms with Gasteiger partial charge in [-0.3, -0.25) is 4.79 Å². The van der Waals surface area contributed by atoms with Crippen LogP contribution in [0.4, 0.5) is 0 Å². The molecule has 3 aromatic rings. The monoisotopic (exact) mass is 322 g/mol. The van der Waals surface area contributed by atoms with Crippen molar-refractivity contribution < 1.29 is 14.3 Å². The average Bonchev–Trinajstić information content (AvgIpc) is 3.11. The molecule has 0 N–H and O–H groups in total. The lowest BCUT2D eigenvalue weighted by molar-refractivity contribution is 0.0738. The molecule has 0 amide bonds. The van der Waals surface area contributed by atoms with E-state index in [0.29, 0.717) is 21.8 Å². The Morgan fingerprint density at radius 1 is 0.913 bits per heavy atom. The van der Waals surface area contributed by atoms with E-state index in [1.54, 1.807) is 42.5 Å². The van der Waals surface area contributed by atoms with E-state index in [4.69, 9.17) is 4.74 Å². The SMILES string of the molecule is Cc1cc(C(=O)c2ccccc2)ccc1OC(=O)c1cccs1. The largest absolute Gasteiger partial charge is 0.422 e. The third kappa shape index (κ3) is 3.38. The molecule has 0 aliphatic heterocycles. The number of carbonyl (C=O) groups is 2. The van der Waals surface area contributed by atoms with Crippen LogP contribution in [0.2, 0.25) is 0 Å². The van der Waals surface area contributed by atoms with Crippen LogP contribution in [-0.4, -0.2) is 11.8 Å². The van der Waals surface area contributed by atoms with Crippen LogP contribution >= 0.6 is 11.3 Å². The molecule has 0 saturated heterocycles. The van der Waals surface area contributed by atoms with Crippen LogP contribution in [0.25, 0.3) is 0 Å². The summed E-state index contributed by atoms with van der Waals surface area (Å²) in [7, 11) is 0. The first-order chi connectivity index (χ1) is 11.1. The number of esters is 1. The molecule has 0 spiro atoms. The zero-order valence-corrected chi connectivity index (χ0v) is 13.3. The first kappa shape index (κ1) is 15.2. The van der Waals surface area contributed by atoms with Crippen molar-refractivity contribution in [3.63, 3.8) is 0 Å². The normalized spacial score (nSPS) is 10.3. The Balaban J connectivity index is 1.81. The number of ketones is 1. The summed E-state index contributed by atoms with van der Waals surface area (Å²) in [5.41, 5.74) is 1.96. The summed E-state index contributed by atoms with van der Waals surface area (Å²) in [4.78, 5) is 25.0. The molecule has 0 bridgehead atoms. The Morgan fingerprint density at radius 3 is 2.35 bits per heavy atom. The van der Waals surface area contributed by atoms with Crippen molar-refractivity contribution in [2.75, 3.05) is 0 Å². The van der Waals surface area contributed by atoms with Gasteiger partial charge in [-0.2, -0.15) is 0 Å². The fourth-order valence-corrected chi connectivity index (χ4v) is 2.80. The minimum absolute atomic E-state index is 0.0511. The summed E-state index contributed by atoms with van der Waals surface area (Å²) >= 11 is 1.33. The minimum atomic E-state index is -0.384. The highest BCUT2D eigenvalue weighted by Gasteiger charge is 2.14. The first-order valence-corrected chi connectivity index (χ1v) is 7.99. The summed E-state index contributed by atoms with van der Waals surface area (Å²) in [6.45, 7) is 1.82. The second-order valence-corrected chi connectivity index (χ2v) is 5.99. The minimum Gasteiger partial charge on any atom is -0.422 e. The van der Waals surface area contributed by atoms with Gasteiger partial charge in [-0.25, -0.2) is 4.79 Å². The Bertz CT molecular complexity index is 836. The van der Waals surface area contributed by atoms with E-state index in [2.05, 4.69) is 0 Å². The molecule has 23 heavy (non-hydrogen) atoms. The quantitative estimate of drug-likeness (QED) is 0.403. The molecule has 0 radical (unpaired) electrons. The highest BCUT2D eigenvalue weighted by molar-refractivity contribution is 7.12. The molecule has 114 valence electrons. The van der Waals surface area contributed by atoms with Crippen LogP contribution in [0.3, 0.4) is 0 Å². The molecular formula is C19H14O3S. The first-order valence-electron chi connectivity index (χ1n) is 7.11. The van der Waals surface area contributed by atoms with E-state index in [-0.39, 0.29) is 11.8 Å². The van der Waals surface area contributed by atoms with Crippen LogP contribution in [0.15, 0.2) is 66.0 Å². The van der Waals surface area contributed by atoms with Gasteiger partial charge in [-0.15, -0.1) is 11.3 Å². The van der Waals surface area contributed by atoms with Crippen molar-refractivity contribution in [2.45, 2.75) is 6.92 Å². The average molecular weight is 322 g/mol. The predicted molar refractivity (Wildman–Crippen MR) is 90.3 cm³/mol. The molecule has 1 aromatic heterocycles. The van der Waals surface area contributed by atoms with Gasteiger partial charge in [0.1, 0.15) is 10.6 Å². The van der Waals surface area contributed by atoms with Gasteiger partial charge in [0.15, 0.2) is 5.78 Å². The molecule has 0 aliphatic rings. The van der Waals surface area contributed by atoms with Gasteiger partial charge in [-0.05, 0) is 42.1 Å². The second kappa shape index (κ2) is 6.58. The number of benzene rings is 2. The van der Waals surface area contributed by atoms with E-state index >= 15 is 0 Å². The van der Waals surface area contributed by atoms with E-state index in [1.165, 1.54) is 11.3 Å². The van der Waals surface area contributed by atoms with E-state index in [0.717, 1.165) is 5.56 Å². The fraction of sp³-hybridized carbons (Fsp3) is 0.0526. The predicted octanol–water partition coefficient (Wildman–Crippen LogP) is 4.51. The van der Waals surface area contributed by atoms with Crippen molar-refractivity contribution in [2.24, 2.45) is 0 Å². The molecule has 2 aromatic carbocycles. The van der Waals surface area contributed by atoms with Gasteiger partial charge in [0.05, 0.1) is 0 Å². The van der Waals surface area contributed by atoms with Crippen LogP contribution in [0.5, 0.6) is 5.75 Å². The zero-order chi connectivity index (χ0) is 16.2. The van der Waals surface area contributed by atoms with E-state index < -0.39 is 0 Å². The Morgan fingerprint density at radius 2 is 1.70 bits per heavy atom. The number of aryl methyl sites for hydroxylation is 1. The van der Waals surface area contributed by atoms with Crippen molar-refractivity contribution in [3.8, 4) is 5.75 Å². The molecule has 3 nitrogen and oxygen atoms in total. The van der Waals surface area contributed by atoms with Crippen molar-refractivity contribution >= 4 is 23.1 Å². The summed E-state index contributed by atoms with van der Waals surface area (Å²) in [6, 6.07) is 17.7. The molecule has 0 fully saturated rings. The number of hydrogen-bond acceptors (Lipinski definition) is 4. The maximum Gasteiger partial charge on any atom is 0.353 e. The van der Waals surface area contributed by atoms with Gasteiger partial charge in [0, 0.05) is 11.1 Å². The zero-order valence-electron chi connectivity index (χ0n) is 12.5. The Hall–Kier alpha value is -2.72. The second-order valence-electron chi connectivity index (χ2n) is 5.04. The van der Waals surface area contributed by atoms with Gasteiger partial charge in [-0.1, -0.05) is 36.4 Å². The summed E-state index contributed by atoms with van der Waals surface area (Å²) in [5, 5.41) is 1.82. The number of ether oxygens (including phenoxy) is 1. The van der Waals surface area contributed by atoms with Crippen LogP contribution in [0, 0.1) is 6.92 Å². The summed E-state index contributed by atoms with van der Waals surface area (Å²) in [5.74, 6) is 0.0306. The standard InChI is InChI=1S/C19H14O3S/c1-13-12-15(18(20)14-6-3-2-4-7-14)9-10-16(13)22-19(21)17-8-5-11-23-17/h2-12H,1H3. The van der Waals surface area contributed by atoms with Gasteiger partial charge < -0.3 is 4.74 Å². The van der Waals surface area contributed by atoms with Crippen molar-refractivity contribution in [1.29, 1.82) is 0 Å². The van der Waals surface area contributed by atoms with Crippen molar-refractivity contribution in [3.05, 3.63) is 87.6 Å². The maximum absolute atomic E-state index is 12.4. The topological polar surface area (TPSA) is 43.4 Å². The molecule has 0 atom stereocenters. The molecular weight excluding hydrogens is 308 g/mol. The fourth-order valence-electron chi connectivity index (χ4n) is 2.21. The maximum atomic E-state index is 12.4. The molecule has 3 rings (SSSR count). The van der Waals surface area contributed by atoms with Crippen LogP contribution < -0.4 is 4.74 Å². The number of carbonyl (C=O) groups excluding carboxylic acids is 2. The number of thiophene rings is 1. The Kier molecular flexibility index (Phi) is 4.35. The third-order valence-electron chi connectivity index (χ3n) is 3.40. The number of rotatable bonds is 4. The van der Waals surface area contributed by atoms with E-state index in [1.807, 2.05) is 30.5 Å². The highest BCUT2D eigenvalue weighted by atomic mass is 32.1. The van der Waals surface area contributed by atoms with Gasteiger partial charge >= 0.3 is 5.97 Å². The molecule has 0 saturated carbocycles. The Labute approximate surface area is 138 Å². The van der Waals surface area contributed by atoms with E-state index in [9.17, 15) is 9.59 Å². The smallest absolute Gasteiger partial charge is 0.353 e. The van der Waals surface area contributed by atoms with Gasteiger partial charge in [0.25, 0.3) is 0 Å². The summed E-state index contributed by atoms with van der Waals surface area (Å²) in [6.07, 6.45) is 0.